The summed E-state index contributed by atoms with van der Waals surface area (Å²) < 4.78 is 0. The van der Waals surface area contributed by atoms with Crippen molar-refractivity contribution in [2.24, 2.45) is 0 Å². The van der Waals surface area contributed by atoms with Crippen LogP contribution >= 0.6 is 0 Å². The molecule has 3 rings (SSSR count). The van der Waals surface area contributed by atoms with E-state index in [0.717, 1.165) is 33.5 Å². The molecule has 4 heteroatoms. The molecule has 0 saturated heterocycles. The van der Waals surface area contributed by atoms with Gasteiger partial charge in [0.15, 0.2) is 0 Å². The van der Waals surface area contributed by atoms with Gasteiger partial charge in [-0.15, -0.1) is 0 Å². The van der Waals surface area contributed by atoms with Crippen LogP contribution in [0.15, 0.2) is 48.7 Å². The van der Waals surface area contributed by atoms with Crippen molar-refractivity contribution >= 4 is 28.0 Å². The van der Waals surface area contributed by atoms with Gasteiger partial charge in [0, 0.05) is 34.4 Å². The summed E-state index contributed by atoms with van der Waals surface area (Å²) in [7, 11) is 0. The van der Waals surface area contributed by atoms with E-state index in [2.05, 4.69) is 10.3 Å². The first-order valence-corrected chi connectivity index (χ1v) is 6.35. The third-order valence-electron chi connectivity index (χ3n) is 3.24. The predicted octanol–water partition coefficient (Wildman–Crippen LogP) is 3.57. The van der Waals surface area contributed by atoms with Crippen LogP contribution in [0.2, 0.25) is 0 Å². The molecule has 20 heavy (non-hydrogen) atoms. The summed E-state index contributed by atoms with van der Waals surface area (Å²) in [5.74, 6) is 0.939. The fourth-order valence-electron chi connectivity index (χ4n) is 2.32. The predicted molar refractivity (Wildman–Crippen MR) is 82.3 cm³/mol. The fraction of sp³-hybridized carbons (Fsp3) is 0.0625. The molecule has 0 aliphatic carbocycles. The molecule has 1 heterocycles. The largest absolute Gasteiger partial charge is 0.508 e. The maximum absolute atomic E-state index is 9.51. The van der Waals surface area contributed by atoms with Gasteiger partial charge in [-0.25, -0.2) is 4.98 Å². The summed E-state index contributed by atoms with van der Waals surface area (Å²) in [5, 5.41) is 14.7. The van der Waals surface area contributed by atoms with E-state index >= 15 is 0 Å². The van der Waals surface area contributed by atoms with Gasteiger partial charge in [0.25, 0.3) is 0 Å². The number of nitrogen functional groups attached to an aromatic ring is 1. The molecule has 100 valence electrons. The maximum atomic E-state index is 9.51. The molecule has 1 aromatic heterocycles. The first-order chi connectivity index (χ1) is 9.65. The molecule has 0 atom stereocenters. The monoisotopic (exact) mass is 265 g/mol. The van der Waals surface area contributed by atoms with Crippen LogP contribution in [0.3, 0.4) is 0 Å². The molecule has 4 nitrogen and oxygen atoms in total. The second-order valence-electron chi connectivity index (χ2n) is 4.73. The Bertz CT molecular complexity index is 776. The van der Waals surface area contributed by atoms with Crippen LogP contribution in [0.5, 0.6) is 5.75 Å². The van der Waals surface area contributed by atoms with Crippen LogP contribution in [0.4, 0.5) is 17.2 Å². The zero-order chi connectivity index (χ0) is 14.1. The van der Waals surface area contributed by atoms with Crippen molar-refractivity contribution in [3.63, 3.8) is 0 Å². The molecule has 0 unspecified atom stereocenters. The number of pyridine rings is 1. The molecule has 0 fully saturated rings. The normalized spacial score (nSPS) is 10.7. The lowest BCUT2D eigenvalue weighted by Crippen LogP contribution is -1.97. The highest BCUT2D eigenvalue weighted by Gasteiger charge is 2.08. The van der Waals surface area contributed by atoms with E-state index in [0.29, 0.717) is 0 Å². The van der Waals surface area contributed by atoms with Crippen molar-refractivity contribution < 1.29 is 5.11 Å². The lowest BCUT2D eigenvalue weighted by atomic mass is 10.1. The minimum Gasteiger partial charge on any atom is -0.508 e. The Morgan fingerprint density at radius 1 is 1.15 bits per heavy atom. The molecular weight excluding hydrogens is 250 g/mol. The number of fused-ring (bicyclic) bond motifs is 1. The van der Waals surface area contributed by atoms with E-state index in [1.807, 2.05) is 31.2 Å². The van der Waals surface area contributed by atoms with Crippen LogP contribution in [-0.4, -0.2) is 10.1 Å². The van der Waals surface area contributed by atoms with Gasteiger partial charge < -0.3 is 16.2 Å². The van der Waals surface area contributed by atoms with Crippen LogP contribution in [0.25, 0.3) is 10.8 Å². The summed E-state index contributed by atoms with van der Waals surface area (Å²) in [6.45, 7) is 1.99. The minimum absolute atomic E-state index is 0.214. The Kier molecular flexibility index (Phi) is 2.91. The van der Waals surface area contributed by atoms with Crippen LogP contribution in [-0.2, 0) is 0 Å². The second kappa shape index (κ2) is 4.74. The van der Waals surface area contributed by atoms with Crippen LogP contribution in [0, 0.1) is 6.92 Å². The highest BCUT2D eigenvalue weighted by molar-refractivity contribution is 6.02. The van der Waals surface area contributed by atoms with Gasteiger partial charge in [-0.2, -0.15) is 0 Å². The summed E-state index contributed by atoms with van der Waals surface area (Å²) in [6.07, 6.45) is 1.80. The Morgan fingerprint density at radius 2 is 1.95 bits per heavy atom. The molecule has 4 N–H and O–H groups in total. The second-order valence-corrected chi connectivity index (χ2v) is 4.73. The number of phenols is 1. The average molecular weight is 265 g/mol. The highest BCUT2D eigenvalue weighted by atomic mass is 16.3. The summed E-state index contributed by atoms with van der Waals surface area (Å²) in [4.78, 5) is 4.42. The number of aromatic nitrogens is 1. The minimum atomic E-state index is 0.214. The van der Waals surface area contributed by atoms with E-state index < -0.39 is 0 Å². The molecule has 0 aliphatic rings. The number of aryl methyl sites for hydroxylation is 1. The zero-order valence-corrected chi connectivity index (χ0v) is 11.1. The lowest BCUT2D eigenvalue weighted by molar-refractivity contribution is 0.475. The van der Waals surface area contributed by atoms with Crippen molar-refractivity contribution in [1.29, 1.82) is 0 Å². The highest BCUT2D eigenvalue weighted by Crippen LogP contribution is 2.30. The number of rotatable bonds is 2. The van der Waals surface area contributed by atoms with Gasteiger partial charge in [0.2, 0.25) is 0 Å². The Hall–Kier alpha value is -2.75. The molecule has 3 aromatic rings. The Labute approximate surface area is 116 Å². The van der Waals surface area contributed by atoms with Gasteiger partial charge in [-0.1, -0.05) is 18.2 Å². The van der Waals surface area contributed by atoms with E-state index in [1.165, 1.54) is 0 Å². The van der Waals surface area contributed by atoms with E-state index in [4.69, 9.17) is 5.73 Å². The molecular formula is C16H15N3O. The third-order valence-corrected chi connectivity index (χ3v) is 3.24. The zero-order valence-electron chi connectivity index (χ0n) is 11.1. The van der Waals surface area contributed by atoms with Gasteiger partial charge in [-0.3, -0.25) is 0 Å². The van der Waals surface area contributed by atoms with Gasteiger partial charge >= 0.3 is 0 Å². The molecule has 0 aliphatic heterocycles. The number of nitrogens with two attached hydrogens (primary N) is 1. The summed E-state index contributed by atoms with van der Waals surface area (Å²) in [5.41, 5.74) is 8.61. The smallest absolute Gasteiger partial charge is 0.138 e. The number of aromatic hydroxyl groups is 1. The maximum Gasteiger partial charge on any atom is 0.138 e. The number of hydrogen-bond acceptors (Lipinski definition) is 4. The molecule has 0 saturated carbocycles. The van der Waals surface area contributed by atoms with Crippen molar-refractivity contribution in [3.8, 4) is 5.75 Å². The summed E-state index contributed by atoms with van der Waals surface area (Å²) >= 11 is 0. The molecule has 0 bridgehead atoms. The van der Waals surface area contributed by atoms with Crippen molar-refractivity contribution in [1.82, 2.24) is 4.98 Å². The standard InChI is InChI=1S/C16H15N3O/c1-10-9-18-16(13-6-3-7-14(17)15(10)13)19-11-4-2-5-12(20)8-11/h2-9,20H,17H2,1H3,(H,18,19). The molecule has 0 radical (unpaired) electrons. The quantitative estimate of drug-likeness (QED) is 0.619. The SMILES string of the molecule is Cc1cnc(Nc2cccc(O)c2)c2cccc(N)c12. The fourth-order valence-corrected chi connectivity index (χ4v) is 2.32. The summed E-state index contributed by atoms with van der Waals surface area (Å²) in [6, 6.07) is 12.7. The van der Waals surface area contributed by atoms with Gasteiger partial charge in [0.1, 0.15) is 11.6 Å². The first kappa shape index (κ1) is 12.3. The van der Waals surface area contributed by atoms with E-state index in [1.54, 1.807) is 24.4 Å². The Balaban J connectivity index is 2.13. The Morgan fingerprint density at radius 3 is 2.75 bits per heavy atom. The number of hydrogen-bond donors (Lipinski definition) is 3. The van der Waals surface area contributed by atoms with Crippen molar-refractivity contribution in [2.75, 3.05) is 11.1 Å². The topological polar surface area (TPSA) is 71.2 Å². The number of benzene rings is 2. The molecule has 0 amide bonds. The van der Waals surface area contributed by atoms with Gasteiger partial charge in [0.05, 0.1) is 0 Å². The number of nitrogens with zero attached hydrogens (tertiary/aromatic N) is 1. The van der Waals surface area contributed by atoms with Crippen LogP contribution in [0.1, 0.15) is 5.56 Å². The van der Waals surface area contributed by atoms with E-state index in [-0.39, 0.29) is 5.75 Å². The lowest BCUT2D eigenvalue weighted by Gasteiger charge is -2.12. The van der Waals surface area contributed by atoms with Gasteiger partial charge in [-0.05, 0) is 30.7 Å². The number of nitrogens with one attached hydrogen (secondary N) is 1. The average Bonchev–Trinajstić information content (AvgIpc) is 2.42. The molecule has 2 aromatic carbocycles. The van der Waals surface area contributed by atoms with Crippen molar-refractivity contribution in [3.05, 3.63) is 54.2 Å². The molecule has 0 spiro atoms. The third kappa shape index (κ3) is 2.12. The van der Waals surface area contributed by atoms with Crippen molar-refractivity contribution in [2.45, 2.75) is 6.92 Å². The number of phenolic OH excluding ortho intramolecular Hbond substituents is 1. The van der Waals surface area contributed by atoms with E-state index in [9.17, 15) is 5.11 Å². The first-order valence-electron chi connectivity index (χ1n) is 6.35. The number of anilines is 3. The van der Waals surface area contributed by atoms with Crippen LogP contribution < -0.4 is 11.1 Å².